The number of aromatic nitrogens is 4. The molecule has 166 valence electrons. The van der Waals surface area contributed by atoms with Gasteiger partial charge in [-0.25, -0.2) is 14.4 Å². The van der Waals surface area contributed by atoms with Crippen molar-refractivity contribution in [3.05, 3.63) is 82.9 Å². The van der Waals surface area contributed by atoms with E-state index >= 15 is 0 Å². The maximum absolute atomic E-state index is 13.7. The molecule has 0 unspecified atom stereocenters. The van der Waals surface area contributed by atoms with Gasteiger partial charge in [0.05, 0.1) is 17.6 Å². The zero-order chi connectivity index (χ0) is 22.7. The zero-order valence-corrected chi connectivity index (χ0v) is 19.0. The van der Waals surface area contributed by atoms with Gasteiger partial charge in [-0.05, 0) is 68.5 Å². The molecule has 5 nitrogen and oxygen atoms in total. The number of pyridine rings is 1. The van der Waals surface area contributed by atoms with Gasteiger partial charge in [0.25, 0.3) is 0 Å². The first-order valence-corrected chi connectivity index (χ1v) is 11.5. The SMILES string of the molecule is Cc1cc(-c2nc(-c3ccc(F)cc3)c3c(n2)[C@]2(C)Cc4cnoc4[C@H](C)[C@H]2CC3)ccn1. The molecule has 6 rings (SSSR count). The highest BCUT2D eigenvalue weighted by Gasteiger charge is 2.50. The first-order chi connectivity index (χ1) is 15.9. The van der Waals surface area contributed by atoms with Crippen LogP contribution in [-0.4, -0.2) is 20.1 Å². The molecule has 0 radical (unpaired) electrons. The molecular formula is C27H25FN4O. The zero-order valence-electron chi connectivity index (χ0n) is 19.0. The predicted molar refractivity (Wildman–Crippen MR) is 123 cm³/mol. The van der Waals surface area contributed by atoms with Gasteiger partial charge >= 0.3 is 0 Å². The fourth-order valence-electron chi connectivity index (χ4n) is 6.02. The van der Waals surface area contributed by atoms with Crippen LogP contribution in [0.15, 0.2) is 53.3 Å². The molecule has 0 saturated carbocycles. The van der Waals surface area contributed by atoms with E-state index < -0.39 is 0 Å². The first kappa shape index (κ1) is 20.2. The lowest BCUT2D eigenvalue weighted by Crippen LogP contribution is -2.45. The topological polar surface area (TPSA) is 64.7 Å². The van der Waals surface area contributed by atoms with Crippen molar-refractivity contribution in [2.75, 3.05) is 0 Å². The van der Waals surface area contributed by atoms with E-state index in [1.165, 1.54) is 17.7 Å². The van der Waals surface area contributed by atoms with Gasteiger partial charge in [0.1, 0.15) is 11.6 Å². The lowest BCUT2D eigenvalue weighted by Gasteiger charge is -2.47. The Morgan fingerprint density at radius 2 is 1.91 bits per heavy atom. The first-order valence-electron chi connectivity index (χ1n) is 11.5. The van der Waals surface area contributed by atoms with Crippen molar-refractivity contribution in [1.82, 2.24) is 20.1 Å². The monoisotopic (exact) mass is 440 g/mol. The molecule has 0 saturated heterocycles. The number of hydrogen-bond donors (Lipinski definition) is 0. The summed E-state index contributed by atoms with van der Waals surface area (Å²) >= 11 is 0. The van der Waals surface area contributed by atoms with Crippen LogP contribution < -0.4 is 0 Å². The second kappa shape index (κ2) is 7.30. The van der Waals surface area contributed by atoms with Gasteiger partial charge in [-0.15, -0.1) is 0 Å². The number of halogens is 1. The minimum absolute atomic E-state index is 0.167. The summed E-state index contributed by atoms with van der Waals surface area (Å²) in [4.78, 5) is 14.6. The van der Waals surface area contributed by atoms with E-state index in [4.69, 9.17) is 14.5 Å². The predicted octanol–water partition coefficient (Wildman–Crippen LogP) is 5.82. The van der Waals surface area contributed by atoms with E-state index in [0.717, 1.165) is 58.8 Å². The number of hydrogen-bond acceptors (Lipinski definition) is 5. The summed E-state index contributed by atoms with van der Waals surface area (Å²) in [5, 5.41) is 4.10. The minimum Gasteiger partial charge on any atom is -0.361 e. The van der Waals surface area contributed by atoms with E-state index in [0.29, 0.717) is 11.7 Å². The molecule has 0 bridgehead atoms. The lowest BCUT2D eigenvalue weighted by atomic mass is 9.56. The summed E-state index contributed by atoms with van der Waals surface area (Å²) in [6, 6.07) is 10.6. The Bertz CT molecular complexity index is 1360. The molecule has 2 aliphatic rings. The lowest BCUT2D eigenvalue weighted by molar-refractivity contribution is 0.172. The van der Waals surface area contributed by atoms with Gasteiger partial charge in [-0.1, -0.05) is 19.0 Å². The quantitative estimate of drug-likeness (QED) is 0.393. The van der Waals surface area contributed by atoms with E-state index in [1.54, 1.807) is 6.20 Å². The second-order valence-corrected chi connectivity index (χ2v) is 9.66. The Labute approximate surface area is 192 Å². The van der Waals surface area contributed by atoms with Gasteiger partial charge < -0.3 is 4.52 Å². The summed E-state index contributed by atoms with van der Waals surface area (Å²) in [5.41, 5.74) is 6.93. The summed E-state index contributed by atoms with van der Waals surface area (Å²) in [6.45, 7) is 6.54. The Morgan fingerprint density at radius 1 is 1.09 bits per heavy atom. The van der Waals surface area contributed by atoms with Gasteiger partial charge in [0.15, 0.2) is 5.82 Å². The molecule has 3 atom stereocenters. The highest BCUT2D eigenvalue weighted by atomic mass is 19.1. The van der Waals surface area contributed by atoms with Gasteiger partial charge in [-0.2, -0.15) is 0 Å². The van der Waals surface area contributed by atoms with Crippen LogP contribution in [0.3, 0.4) is 0 Å². The molecular weight excluding hydrogens is 415 g/mol. The van der Waals surface area contributed by atoms with E-state index in [-0.39, 0.29) is 17.2 Å². The minimum atomic E-state index is -0.250. The third-order valence-electron chi connectivity index (χ3n) is 7.60. The maximum Gasteiger partial charge on any atom is 0.160 e. The highest BCUT2D eigenvalue weighted by molar-refractivity contribution is 5.69. The molecule has 3 heterocycles. The number of rotatable bonds is 2. The van der Waals surface area contributed by atoms with Crippen molar-refractivity contribution >= 4 is 0 Å². The third-order valence-corrected chi connectivity index (χ3v) is 7.60. The van der Waals surface area contributed by atoms with Crippen LogP contribution in [0.25, 0.3) is 22.6 Å². The van der Waals surface area contributed by atoms with Crippen molar-refractivity contribution in [1.29, 1.82) is 0 Å². The molecule has 0 amide bonds. The van der Waals surface area contributed by atoms with Crippen LogP contribution in [0, 0.1) is 18.7 Å². The van der Waals surface area contributed by atoms with Crippen LogP contribution >= 0.6 is 0 Å². The highest BCUT2D eigenvalue weighted by Crippen LogP contribution is 2.54. The van der Waals surface area contributed by atoms with E-state index in [9.17, 15) is 4.39 Å². The van der Waals surface area contributed by atoms with Crippen LogP contribution in [0.2, 0.25) is 0 Å². The molecule has 0 N–H and O–H groups in total. The van der Waals surface area contributed by atoms with Crippen LogP contribution in [-0.2, 0) is 18.3 Å². The van der Waals surface area contributed by atoms with Crippen molar-refractivity contribution < 1.29 is 8.91 Å². The molecule has 33 heavy (non-hydrogen) atoms. The molecule has 4 aromatic rings. The Hall–Kier alpha value is -3.41. The van der Waals surface area contributed by atoms with Crippen molar-refractivity contribution in [2.24, 2.45) is 5.92 Å². The number of benzene rings is 1. The fraction of sp³-hybridized carbons (Fsp3) is 0.333. The van der Waals surface area contributed by atoms with Gasteiger partial charge in [-0.3, -0.25) is 4.98 Å². The van der Waals surface area contributed by atoms with E-state index in [2.05, 4.69) is 24.0 Å². The van der Waals surface area contributed by atoms with Crippen LogP contribution in [0.4, 0.5) is 4.39 Å². The Morgan fingerprint density at radius 3 is 2.70 bits per heavy atom. The summed E-state index contributed by atoms with van der Waals surface area (Å²) in [5.74, 6) is 2.11. The molecule has 0 fully saturated rings. The van der Waals surface area contributed by atoms with Gasteiger partial charge in [0, 0.05) is 45.5 Å². The molecule has 0 aliphatic heterocycles. The molecule has 1 aromatic carbocycles. The Kier molecular flexibility index (Phi) is 4.47. The third kappa shape index (κ3) is 3.11. The summed E-state index contributed by atoms with van der Waals surface area (Å²) < 4.78 is 19.3. The molecule has 3 aromatic heterocycles. The maximum atomic E-state index is 13.7. The van der Waals surface area contributed by atoms with Crippen molar-refractivity contribution in [3.63, 3.8) is 0 Å². The van der Waals surface area contributed by atoms with Crippen molar-refractivity contribution in [3.8, 4) is 22.6 Å². The smallest absolute Gasteiger partial charge is 0.160 e. The van der Waals surface area contributed by atoms with Crippen molar-refractivity contribution in [2.45, 2.75) is 51.4 Å². The van der Waals surface area contributed by atoms with Crippen LogP contribution in [0.1, 0.15) is 54.5 Å². The number of nitrogens with zero attached hydrogens (tertiary/aromatic N) is 4. The largest absolute Gasteiger partial charge is 0.361 e. The molecule has 2 aliphatic carbocycles. The van der Waals surface area contributed by atoms with Crippen LogP contribution in [0.5, 0.6) is 0 Å². The van der Waals surface area contributed by atoms with Gasteiger partial charge in [0.2, 0.25) is 0 Å². The summed E-state index contributed by atoms with van der Waals surface area (Å²) in [7, 11) is 0. The average molecular weight is 441 g/mol. The summed E-state index contributed by atoms with van der Waals surface area (Å²) in [6.07, 6.45) is 6.39. The molecule has 0 spiro atoms. The second-order valence-electron chi connectivity index (χ2n) is 9.66. The average Bonchev–Trinajstić information content (AvgIpc) is 3.27. The standard InChI is InChI=1S/C27H25FN4O/c1-15-12-18(10-11-29-15)26-31-23(17-4-6-20(28)7-5-17)21-8-9-22-16(2)24-19(14-30-33-24)13-27(22,3)25(21)32-26/h4-7,10-12,14,16,22H,8-9,13H2,1-3H3/t16-,22-,27-/m1/s1. The fourth-order valence-corrected chi connectivity index (χ4v) is 6.02. The van der Waals surface area contributed by atoms with E-state index in [1.807, 2.05) is 37.4 Å². The number of aryl methyl sites for hydroxylation is 1. The number of fused-ring (bicyclic) bond motifs is 4. The Balaban J connectivity index is 1.60. The molecule has 6 heteroatoms. The normalized spacial score (nSPS) is 23.5.